The number of ether oxygens (including phenoxy) is 1. The second-order valence-corrected chi connectivity index (χ2v) is 4.01. The molecule has 2 nitrogen and oxygen atoms in total. The Bertz CT molecular complexity index is 305. The zero-order chi connectivity index (χ0) is 10.5. The van der Waals surface area contributed by atoms with E-state index in [1.165, 1.54) is 24.8 Å². The van der Waals surface area contributed by atoms with Gasteiger partial charge in [-0.3, -0.25) is 0 Å². The lowest BCUT2D eigenvalue weighted by molar-refractivity contribution is 0.338. The highest BCUT2D eigenvalue weighted by Crippen LogP contribution is 2.25. The summed E-state index contributed by atoms with van der Waals surface area (Å²) < 4.78 is 5.51. The molecular weight excluding hydrogens is 186 g/mol. The van der Waals surface area contributed by atoms with Gasteiger partial charge in [0.1, 0.15) is 5.75 Å². The average Bonchev–Trinajstić information content (AvgIpc) is 2.31. The van der Waals surface area contributed by atoms with E-state index >= 15 is 0 Å². The SMILES string of the molecule is CCOc1cccc([C@@H]2CCCCN2)c1. The summed E-state index contributed by atoms with van der Waals surface area (Å²) in [4.78, 5) is 0. The normalized spacial score (nSPS) is 21.3. The number of piperidine rings is 1. The zero-order valence-electron chi connectivity index (χ0n) is 9.33. The van der Waals surface area contributed by atoms with Crippen LogP contribution in [0, 0.1) is 0 Å². The van der Waals surface area contributed by atoms with E-state index in [0.717, 1.165) is 18.9 Å². The maximum atomic E-state index is 5.51. The van der Waals surface area contributed by atoms with Crippen LogP contribution < -0.4 is 10.1 Å². The molecule has 0 aromatic heterocycles. The van der Waals surface area contributed by atoms with Crippen molar-refractivity contribution in [2.24, 2.45) is 0 Å². The van der Waals surface area contributed by atoms with Gasteiger partial charge in [0.05, 0.1) is 6.61 Å². The second kappa shape index (κ2) is 5.17. The maximum absolute atomic E-state index is 5.51. The van der Waals surface area contributed by atoms with Crippen LogP contribution in [0.3, 0.4) is 0 Å². The number of benzene rings is 1. The van der Waals surface area contributed by atoms with Crippen LogP contribution in [0.5, 0.6) is 5.75 Å². The highest BCUT2D eigenvalue weighted by atomic mass is 16.5. The predicted molar refractivity (Wildman–Crippen MR) is 62.2 cm³/mol. The number of hydrogen-bond donors (Lipinski definition) is 1. The van der Waals surface area contributed by atoms with E-state index in [1.54, 1.807) is 0 Å². The van der Waals surface area contributed by atoms with Crippen LogP contribution in [0.25, 0.3) is 0 Å². The minimum Gasteiger partial charge on any atom is -0.494 e. The van der Waals surface area contributed by atoms with Crippen molar-refractivity contribution in [3.8, 4) is 5.75 Å². The molecule has 1 aliphatic rings. The maximum Gasteiger partial charge on any atom is 0.119 e. The fourth-order valence-electron chi connectivity index (χ4n) is 2.12. The minimum absolute atomic E-state index is 0.527. The van der Waals surface area contributed by atoms with Crippen molar-refractivity contribution >= 4 is 0 Å². The molecule has 1 atom stereocenters. The Balaban J connectivity index is 2.09. The summed E-state index contributed by atoms with van der Waals surface area (Å²) in [7, 11) is 0. The van der Waals surface area contributed by atoms with Crippen molar-refractivity contribution in [3.05, 3.63) is 29.8 Å². The van der Waals surface area contributed by atoms with Gasteiger partial charge in [0.15, 0.2) is 0 Å². The van der Waals surface area contributed by atoms with Gasteiger partial charge in [-0.25, -0.2) is 0 Å². The molecule has 0 saturated carbocycles. The van der Waals surface area contributed by atoms with Crippen LogP contribution in [0.15, 0.2) is 24.3 Å². The zero-order valence-corrected chi connectivity index (χ0v) is 9.33. The van der Waals surface area contributed by atoms with E-state index < -0.39 is 0 Å². The van der Waals surface area contributed by atoms with E-state index in [0.29, 0.717) is 6.04 Å². The molecule has 0 bridgehead atoms. The van der Waals surface area contributed by atoms with Gasteiger partial charge < -0.3 is 10.1 Å². The molecule has 15 heavy (non-hydrogen) atoms. The lowest BCUT2D eigenvalue weighted by Crippen LogP contribution is -2.26. The summed E-state index contributed by atoms with van der Waals surface area (Å²) in [5.41, 5.74) is 1.36. The molecule has 1 fully saturated rings. The number of nitrogens with one attached hydrogen (secondary N) is 1. The summed E-state index contributed by atoms with van der Waals surface area (Å²) in [6.07, 6.45) is 3.88. The molecule has 0 aliphatic carbocycles. The molecule has 0 spiro atoms. The average molecular weight is 205 g/mol. The molecule has 1 saturated heterocycles. The Labute approximate surface area is 91.6 Å². The van der Waals surface area contributed by atoms with Gasteiger partial charge in [-0.15, -0.1) is 0 Å². The molecule has 2 rings (SSSR count). The fourth-order valence-corrected chi connectivity index (χ4v) is 2.12. The molecule has 1 aliphatic heterocycles. The second-order valence-electron chi connectivity index (χ2n) is 4.01. The van der Waals surface area contributed by atoms with E-state index in [1.807, 2.05) is 13.0 Å². The molecule has 1 aromatic carbocycles. The van der Waals surface area contributed by atoms with Crippen molar-refractivity contribution < 1.29 is 4.74 Å². The minimum atomic E-state index is 0.527. The van der Waals surface area contributed by atoms with Crippen molar-refractivity contribution in [2.75, 3.05) is 13.2 Å². The van der Waals surface area contributed by atoms with Crippen molar-refractivity contribution in [3.63, 3.8) is 0 Å². The Morgan fingerprint density at radius 1 is 1.40 bits per heavy atom. The van der Waals surface area contributed by atoms with Gasteiger partial charge in [-0.05, 0) is 44.0 Å². The van der Waals surface area contributed by atoms with Crippen LogP contribution in [0.2, 0.25) is 0 Å². The molecule has 2 heteroatoms. The van der Waals surface area contributed by atoms with Crippen LogP contribution in [-0.2, 0) is 0 Å². The summed E-state index contributed by atoms with van der Waals surface area (Å²) in [5, 5.41) is 3.55. The summed E-state index contributed by atoms with van der Waals surface area (Å²) >= 11 is 0. The molecule has 1 heterocycles. The molecule has 82 valence electrons. The van der Waals surface area contributed by atoms with Crippen LogP contribution >= 0.6 is 0 Å². The lowest BCUT2D eigenvalue weighted by Gasteiger charge is -2.24. The van der Waals surface area contributed by atoms with E-state index in [2.05, 4.69) is 23.5 Å². The van der Waals surface area contributed by atoms with E-state index in [-0.39, 0.29) is 0 Å². The summed E-state index contributed by atoms with van der Waals surface area (Å²) in [5.74, 6) is 0.988. The van der Waals surface area contributed by atoms with Crippen LogP contribution in [0.1, 0.15) is 37.8 Å². The Morgan fingerprint density at radius 2 is 2.33 bits per heavy atom. The Morgan fingerprint density at radius 3 is 3.07 bits per heavy atom. The monoisotopic (exact) mass is 205 g/mol. The molecule has 1 aromatic rings. The first kappa shape index (κ1) is 10.5. The molecule has 0 radical (unpaired) electrons. The summed E-state index contributed by atoms with van der Waals surface area (Å²) in [6.45, 7) is 3.90. The molecular formula is C13H19NO. The summed E-state index contributed by atoms with van der Waals surface area (Å²) in [6, 6.07) is 8.98. The Kier molecular flexibility index (Phi) is 3.62. The third-order valence-electron chi connectivity index (χ3n) is 2.88. The lowest BCUT2D eigenvalue weighted by atomic mass is 9.97. The molecule has 0 unspecified atom stereocenters. The quantitative estimate of drug-likeness (QED) is 0.819. The standard InChI is InChI=1S/C13H19NO/c1-2-15-12-7-5-6-11(10-12)13-8-3-4-9-14-13/h5-7,10,13-14H,2-4,8-9H2,1H3/t13-/m0/s1. The van der Waals surface area contributed by atoms with Crippen LogP contribution in [-0.4, -0.2) is 13.2 Å². The van der Waals surface area contributed by atoms with Gasteiger partial charge in [-0.1, -0.05) is 18.6 Å². The first-order valence-electron chi connectivity index (χ1n) is 5.86. The highest BCUT2D eigenvalue weighted by molar-refractivity contribution is 5.30. The van der Waals surface area contributed by atoms with E-state index in [9.17, 15) is 0 Å². The van der Waals surface area contributed by atoms with Gasteiger partial charge in [0.25, 0.3) is 0 Å². The highest BCUT2D eigenvalue weighted by Gasteiger charge is 2.14. The van der Waals surface area contributed by atoms with Gasteiger partial charge in [-0.2, -0.15) is 0 Å². The largest absolute Gasteiger partial charge is 0.494 e. The number of rotatable bonds is 3. The predicted octanol–water partition coefficient (Wildman–Crippen LogP) is 2.90. The van der Waals surface area contributed by atoms with Crippen molar-refractivity contribution in [2.45, 2.75) is 32.2 Å². The first-order chi connectivity index (χ1) is 7.40. The molecule has 1 N–H and O–H groups in total. The number of hydrogen-bond acceptors (Lipinski definition) is 2. The Hall–Kier alpha value is -1.02. The van der Waals surface area contributed by atoms with Crippen LogP contribution in [0.4, 0.5) is 0 Å². The fraction of sp³-hybridized carbons (Fsp3) is 0.538. The topological polar surface area (TPSA) is 21.3 Å². The first-order valence-corrected chi connectivity index (χ1v) is 5.86. The third-order valence-corrected chi connectivity index (χ3v) is 2.88. The smallest absolute Gasteiger partial charge is 0.119 e. The molecule has 0 amide bonds. The van der Waals surface area contributed by atoms with Gasteiger partial charge in [0, 0.05) is 6.04 Å². The van der Waals surface area contributed by atoms with Gasteiger partial charge >= 0.3 is 0 Å². The van der Waals surface area contributed by atoms with Crippen molar-refractivity contribution in [1.29, 1.82) is 0 Å². The third kappa shape index (κ3) is 2.72. The van der Waals surface area contributed by atoms with E-state index in [4.69, 9.17) is 4.74 Å². The van der Waals surface area contributed by atoms with Crippen molar-refractivity contribution in [1.82, 2.24) is 5.32 Å². The van der Waals surface area contributed by atoms with Gasteiger partial charge in [0.2, 0.25) is 0 Å².